The van der Waals surface area contributed by atoms with Crippen molar-refractivity contribution < 1.29 is 19.4 Å². The minimum Gasteiger partial charge on any atom is -0.490 e. The number of hydrogen-bond donors (Lipinski definition) is 2. The molecule has 2 aliphatic heterocycles. The van der Waals surface area contributed by atoms with E-state index >= 15 is 0 Å². The lowest BCUT2D eigenvalue weighted by molar-refractivity contribution is -0.129. The number of carbonyl (C=O) groups excluding carboxylic acids is 2. The summed E-state index contributed by atoms with van der Waals surface area (Å²) < 4.78 is 6.12. The molecule has 26 heavy (non-hydrogen) atoms. The summed E-state index contributed by atoms with van der Waals surface area (Å²) in [7, 11) is 0. The number of imide groups is 1. The van der Waals surface area contributed by atoms with Crippen LogP contribution in [0.4, 0.5) is 4.79 Å². The van der Waals surface area contributed by atoms with Crippen molar-refractivity contribution in [1.82, 2.24) is 5.32 Å². The summed E-state index contributed by atoms with van der Waals surface area (Å²) in [6, 6.07) is 16.0. The van der Waals surface area contributed by atoms with Crippen LogP contribution >= 0.6 is 11.8 Å². The van der Waals surface area contributed by atoms with Crippen molar-refractivity contribution in [3.63, 3.8) is 0 Å². The van der Waals surface area contributed by atoms with E-state index in [2.05, 4.69) is 17.4 Å². The molecule has 134 valence electrons. The summed E-state index contributed by atoms with van der Waals surface area (Å²) in [5.41, 5.74) is 3.15. The van der Waals surface area contributed by atoms with E-state index in [0.717, 1.165) is 36.1 Å². The average molecular weight is 369 g/mol. The molecule has 2 N–H and O–H groups in total. The molecule has 2 heterocycles. The molecule has 0 aromatic heterocycles. The number of hydrogen-bond acceptors (Lipinski definition) is 5. The maximum Gasteiger partial charge on any atom is 0.289 e. The van der Waals surface area contributed by atoms with Gasteiger partial charge >= 0.3 is 0 Å². The van der Waals surface area contributed by atoms with E-state index in [9.17, 15) is 14.7 Å². The van der Waals surface area contributed by atoms with E-state index in [1.54, 1.807) is 0 Å². The molecule has 0 spiro atoms. The van der Waals surface area contributed by atoms with Crippen LogP contribution in [0.1, 0.15) is 23.1 Å². The molecule has 0 radical (unpaired) electrons. The Morgan fingerprint density at radius 3 is 2.69 bits per heavy atom. The van der Waals surface area contributed by atoms with Gasteiger partial charge in [-0.25, -0.2) is 0 Å². The summed E-state index contributed by atoms with van der Waals surface area (Å²) in [4.78, 5) is 21.4. The van der Waals surface area contributed by atoms with Crippen LogP contribution in [0.5, 0.6) is 5.75 Å². The van der Waals surface area contributed by atoms with Gasteiger partial charge in [-0.1, -0.05) is 42.5 Å². The Labute approximate surface area is 155 Å². The van der Waals surface area contributed by atoms with Gasteiger partial charge in [-0.2, -0.15) is 0 Å². The van der Waals surface area contributed by atoms with Crippen LogP contribution in [-0.4, -0.2) is 27.3 Å². The van der Waals surface area contributed by atoms with E-state index in [-0.39, 0.29) is 12.5 Å². The lowest BCUT2D eigenvalue weighted by Crippen LogP contribution is -2.38. The van der Waals surface area contributed by atoms with Crippen molar-refractivity contribution in [2.45, 2.75) is 36.7 Å². The predicted octanol–water partition coefficient (Wildman–Crippen LogP) is 2.84. The highest BCUT2D eigenvalue weighted by molar-refractivity contribution is 8.15. The number of aryl methyl sites for hydroxylation is 1. The normalized spacial score (nSPS) is 24.7. The van der Waals surface area contributed by atoms with Crippen LogP contribution in [0.3, 0.4) is 0 Å². The third-order valence-corrected chi connectivity index (χ3v) is 5.69. The molecule has 6 heteroatoms. The van der Waals surface area contributed by atoms with E-state index in [0.29, 0.717) is 11.8 Å². The summed E-state index contributed by atoms with van der Waals surface area (Å²) in [6.45, 7) is 0. The monoisotopic (exact) mass is 369 g/mol. The molecule has 0 saturated carbocycles. The Hall–Kier alpha value is -2.31. The fourth-order valence-electron chi connectivity index (χ4n) is 3.44. The SMILES string of the molecule is O=C1NC(=O)C(O)(Cc2ccc3c(c2)CCC(Cc2ccccc2)O3)S1. The minimum absolute atomic E-state index is 0.0932. The number of benzene rings is 2. The van der Waals surface area contributed by atoms with Crippen molar-refractivity contribution >= 4 is 22.9 Å². The molecule has 2 aliphatic rings. The number of aliphatic hydroxyl groups is 1. The number of carbonyl (C=O) groups is 2. The zero-order chi connectivity index (χ0) is 18.1. The van der Waals surface area contributed by atoms with Gasteiger partial charge in [-0.3, -0.25) is 14.9 Å². The van der Waals surface area contributed by atoms with Crippen molar-refractivity contribution in [2.24, 2.45) is 0 Å². The lowest BCUT2D eigenvalue weighted by atomic mass is 9.95. The van der Waals surface area contributed by atoms with Crippen molar-refractivity contribution in [3.8, 4) is 5.75 Å². The minimum atomic E-state index is -1.73. The highest BCUT2D eigenvalue weighted by atomic mass is 32.2. The van der Waals surface area contributed by atoms with E-state index < -0.39 is 16.1 Å². The lowest BCUT2D eigenvalue weighted by Gasteiger charge is -2.27. The highest BCUT2D eigenvalue weighted by Crippen LogP contribution is 2.35. The van der Waals surface area contributed by atoms with Gasteiger partial charge in [0.05, 0.1) is 0 Å². The van der Waals surface area contributed by atoms with Crippen LogP contribution in [-0.2, 0) is 24.1 Å². The molecule has 4 rings (SSSR count). The van der Waals surface area contributed by atoms with Gasteiger partial charge in [0.1, 0.15) is 11.9 Å². The molecule has 2 amide bonds. The molecule has 0 aliphatic carbocycles. The third-order valence-electron chi connectivity index (χ3n) is 4.74. The highest BCUT2D eigenvalue weighted by Gasteiger charge is 2.46. The Bertz CT molecular complexity index is 854. The zero-order valence-electron chi connectivity index (χ0n) is 14.1. The van der Waals surface area contributed by atoms with Gasteiger partial charge < -0.3 is 9.84 Å². The van der Waals surface area contributed by atoms with Gasteiger partial charge in [0.2, 0.25) is 4.93 Å². The molecule has 2 atom stereocenters. The Morgan fingerprint density at radius 1 is 1.15 bits per heavy atom. The summed E-state index contributed by atoms with van der Waals surface area (Å²) in [6.07, 6.45) is 2.92. The first-order valence-electron chi connectivity index (χ1n) is 8.61. The quantitative estimate of drug-likeness (QED) is 0.867. The first-order chi connectivity index (χ1) is 12.5. The van der Waals surface area contributed by atoms with E-state index in [4.69, 9.17) is 4.74 Å². The number of nitrogens with one attached hydrogen (secondary N) is 1. The number of thioether (sulfide) groups is 1. The number of ether oxygens (including phenoxy) is 1. The number of amides is 2. The Morgan fingerprint density at radius 2 is 1.96 bits per heavy atom. The van der Waals surface area contributed by atoms with Gasteiger partial charge in [0.15, 0.2) is 0 Å². The predicted molar refractivity (Wildman–Crippen MR) is 99.1 cm³/mol. The molecule has 2 unspecified atom stereocenters. The first kappa shape index (κ1) is 17.1. The average Bonchev–Trinajstić information content (AvgIpc) is 2.87. The second-order valence-electron chi connectivity index (χ2n) is 6.72. The van der Waals surface area contributed by atoms with Crippen molar-refractivity contribution in [2.75, 3.05) is 0 Å². The first-order valence-corrected chi connectivity index (χ1v) is 9.43. The molecule has 5 nitrogen and oxygen atoms in total. The maximum atomic E-state index is 11.8. The van der Waals surface area contributed by atoms with Crippen LogP contribution in [0.25, 0.3) is 0 Å². The summed E-state index contributed by atoms with van der Waals surface area (Å²) >= 11 is 0.635. The molecular weight excluding hydrogens is 350 g/mol. The van der Waals surface area contributed by atoms with Gasteiger partial charge in [-0.05, 0) is 47.4 Å². The fraction of sp³-hybridized carbons (Fsp3) is 0.300. The summed E-state index contributed by atoms with van der Waals surface area (Å²) in [5.74, 6) is 0.205. The number of rotatable bonds is 4. The topological polar surface area (TPSA) is 75.6 Å². The molecular formula is C20H19NO4S. The standard InChI is InChI=1S/C20H19NO4S/c22-18-20(24,26-19(23)21-18)12-14-6-9-17-15(10-14)7-8-16(25-17)11-13-4-2-1-3-5-13/h1-6,9-10,16,24H,7-8,11-12H2,(H,21,22,23). The molecule has 2 aromatic carbocycles. The molecule has 2 aromatic rings. The molecule has 1 fully saturated rings. The van der Waals surface area contributed by atoms with Crippen LogP contribution < -0.4 is 10.1 Å². The second kappa shape index (κ2) is 6.78. The maximum absolute atomic E-state index is 11.8. The van der Waals surface area contributed by atoms with Crippen LogP contribution in [0.15, 0.2) is 48.5 Å². The Balaban J connectivity index is 1.46. The smallest absolute Gasteiger partial charge is 0.289 e. The molecule has 1 saturated heterocycles. The summed E-state index contributed by atoms with van der Waals surface area (Å²) in [5, 5.41) is 12.0. The third kappa shape index (κ3) is 3.48. The van der Waals surface area contributed by atoms with Gasteiger partial charge in [0.25, 0.3) is 11.1 Å². The van der Waals surface area contributed by atoms with Crippen molar-refractivity contribution in [3.05, 3.63) is 65.2 Å². The molecule has 0 bridgehead atoms. The van der Waals surface area contributed by atoms with Gasteiger partial charge in [-0.15, -0.1) is 0 Å². The second-order valence-corrected chi connectivity index (χ2v) is 7.97. The van der Waals surface area contributed by atoms with Crippen LogP contribution in [0.2, 0.25) is 0 Å². The van der Waals surface area contributed by atoms with Crippen molar-refractivity contribution in [1.29, 1.82) is 0 Å². The zero-order valence-corrected chi connectivity index (χ0v) is 14.9. The fourth-order valence-corrected chi connectivity index (χ4v) is 4.27. The van der Waals surface area contributed by atoms with Gasteiger partial charge in [0, 0.05) is 12.8 Å². The van der Waals surface area contributed by atoms with E-state index in [1.165, 1.54) is 5.56 Å². The number of fused-ring (bicyclic) bond motifs is 1. The largest absolute Gasteiger partial charge is 0.490 e. The Kier molecular flexibility index (Phi) is 4.46. The van der Waals surface area contributed by atoms with E-state index in [1.807, 2.05) is 36.4 Å². The van der Waals surface area contributed by atoms with Crippen LogP contribution in [0, 0.1) is 0 Å².